The van der Waals surface area contributed by atoms with Crippen LogP contribution in [0.2, 0.25) is 0 Å². The summed E-state index contributed by atoms with van der Waals surface area (Å²) in [5.41, 5.74) is 0. The quantitative estimate of drug-likeness (QED) is 0.799. The van der Waals surface area contributed by atoms with Crippen molar-refractivity contribution < 1.29 is 17.9 Å². The molecular formula is C11H16F3NOS. The molecule has 2 nitrogen and oxygen atoms in total. The van der Waals surface area contributed by atoms with Gasteiger partial charge in [-0.05, 0) is 26.0 Å². The van der Waals surface area contributed by atoms with Crippen LogP contribution >= 0.6 is 11.3 Å². The van der Waals surface area contributed by atoms with Gasteiger partial charge in [0.05, 0.1) is 6.61 Å². The zero-order valence-corrected chi connectivity index (χ0v) is 10.6. The summed E-state index contributed by atoms with van der Waals surface area (Å²) >= 11 is 1.68. The van der Waals surface area contributed by atoms with Crippen molar-refractivity contribution in [2.24, 2.45) is 0 Å². The maximum Gasteiger partial charge on any atom is 0.411 e. The van der Waals surface area contributed by atoms with Gasteiger partial charge in [-0.1, -0.05) is 0 Å². The molecule has 1 aromatic rings. The minimum Gasteiger partial charge on any atom is -0.371 e. The number of halogens is 3. The smallest absolute Gasteiger partial charge is 0.371 e. The summed E-state index contributed by atoms with van der Waals surface area (Å²) in [6, 6.07) is 4.19. The molecule has 17 heavy (non-hydrogen) atoms. The standard InChI is InChI=1S/C11H16F3NOS/c1-8-3-4-10(17-8)9(2)15-5-6-16-7-11(12,13)14/h3-4,9,15H,5-7H2,1-2H3. The highest BCUT2D eigenvalue weighted by Crippen LogP contribution is 2.22. The molecule has 0 spiro atoms. The normalized spacial score (nSPS) is 13.9. The van der Waals surface area contributed by atoms with E-state index in [2.05, 4.69) is 10.1 Å². The summed E-state index contributed by atoms with van der Waals surface area (Å²) in [5, 5.41) is 3.12. The molecule has 0 aliphatic rings. The predicted octanol–water partition coefficient (Wildman–Crippen LogP) is 3.29. The second-order valence-electron chi connectivity index (χ2n) is 3.79. The zero-order chi connectivity index (χ0) is 12.9. The first-order chi connectivity index (χ1) is 7.88. The Morgan fingerprint density at radius 3 is 2.65 bits per heavy atom. The van der Waals surface area contributed by atoms with Crippen molar-refractivity contribution in [1.82, 2.24) is 5.32 Å². The van der Waals surface area contributed by atoms with Crippen LogP contribution in [0, 0.1) is 6.92 Å². The highest BCUT2D eigenvalue weighted by Gasteiger charge is 2.27. The lowest BCUT2D eigenvalue weighted by atomic mass is 10.3. The monoisotopic (exact) mass is 267 g/mol. The fraction of sp³-hybridized carbons (Fsp3) is 0.636. The molecule has 0 amide bonds. The van der Waals surface area contributed by atoms with Crippen molar-refractivity contribution in [1.29, 1.82) is 0 Å². The van der Waals surface area contributed by atoms with Gasteiger partial charge in [0, 0.05) is 22.3 Å². The third-order valence-corrected chi connectivity index (χ3v) is 3.33. The summed E-state index contributed by atoms with van der Waals surface area (Å²) in [7, 11) is 0. The fourth-order valence-electron chi connectivity index (χ4n) is 1.32. The van der Waals surface area contributed by atoms with Gasteiger partial charge < -0.3 is 10.1 Å². The van der Waals surface area contributed by atoms with E-state index in [1.807, 2.05) is 26.0 Å². The Hall–Kier alpha value is -0.590. The van der Waals surface area contributed by atoms with Crippen molar-refractivity contribution in [2.45, 2.75) is 26.1 Å². The van der Waals surface area contributed by atoms with Crippen LogP contribution in [-0.2, 0) is 4.74 Å². The summed E-state index contributed by atoms with van der Waals surface area (Å²) in [4.78, 5) is 2.40. The van der Waals surface area contributed by atoms with E-state index in [1.165, 1.54) is 9.75 Å². The molecule has 0 aliphatic heterocycles. The molecule has 0 saturated heterocycles. The molecule has 0 saturated carbocycles. The molecule has 6 heteroatoms. The number of ether oxygens (including phenoxy) is 1. The summed E-state index contributed by atoms with van der Waals surface area (Å²) in [5.74, 6) is 0. The molecular weight excluding hydrogens is 251 g/mol. The maximum atomic E-state index is 11.8. The number of alkyl halides is 3. The van der Waals surface area contributed by atoms with E-state index in [0.29, 0.717) is 6.54 Å². The minimum absolute atomic E-state index is 0.0637. The van der Waals surface area contributed by atoms with Gasteiger partial charge in [0.1, 0.15) is 6.61 Å². The Labute approximate surface area is 103 Å². The van der Waals surface area contributed by atoms with Crippen LogP contribution in [0.5, 0.6) is 0 Å². The average molecular weight is 267 g/mol. The molecule has 1 unspecified atom stereocenters. The Morgan fingerprint density at radius 2 is 2.12 bits per heavy atom. The van der Waals surface area contributed by atoms with E-state index in [1.54, 1.807) is 11.3 Å². The van der Waals surface area contributed by atoms with Gasteiger partial charge in [0.15, 0.2) is 0 Å². The third kappa shape index (κ3) is 6.05. The Balaban J connectivity index is 2.15. The van der Waals surface area contributed by atoms with Crippen molar-refractivity contribution >= 4 is 11.3 Å². The molecule has 0 fully saturated rings. The second-order valence-corrected chi connectivity index (χ2v) is 5.11. The van der Waals surface area contributed by atoms with Gasteiger partial charge in [-0.2, -0.15) is 13.2 Å². The van der Waals surface area contributed by atoms with Gasteiger partial charge >= 0.3 is 6.18 Å². The predicted molar refractivity (Wildman–Crippen MR) is 62.3 cm³/mol. The Morgan fingerprint density at radius 1 is 1.41 bits per heavy atom. The molecule has 0 aliphatic carbocycles. The van der Waals surface area contributed by atoms with Gasteiger partial charge in [-0.15, -0.1) is 11.3 Å². The number of hydrogen-bond acceptors (Lipinski definition) is 3. The molecule has 98 valence electrons. The first-order valence-corrected chi connectivity index (χ1v) is 6.14. The van der Waals surface area contributed by atoms with Gasteiger partial charge in [-0.3, -0.25) is 0 Å². The highest BCUT2D eigenvalue weighted by molar-refractivity contribution is 7.12. The van der Waals surface area contributed by atoms with Crippen molar-refractivity contribution in [3.05, 3.63) is 21.9 Å². The molecule has 1 heterocycles. The lowest BCUT2D eigenvalue weighted by Gasteiger charge is -2.12. The maximum absolute atomic E-state index is 11.8. The number of hydrogen-bond donors (Lipinski definition) is 1. The van der Waals surface area contributed by atoms with E-state index in [9.17, 15) is 13.2 Å². The van der Waals surface area contributed by atoms with Crippen LogP contribution in [0.4, 0.5) is 13.2 Å². The summed E-state index contributed by atoms with van der Waals surface area (Å²) < 4.78 is 39.8. The number of thiophene rings is 1. The van der Waals surface area contributed by atoms with Crippen molar-refractivity contribution in [2.75, 3.05) is 19.8 Å². The van der Waals surface area contributed by atoms with Gasteiger partial charge in [0.2, 0.25) is 0 Å². The fourth-order valence-corrected chi connectivity index (χ4v) is 2.23. The molecule has 1 N–H and O–H groups in total. The van der Waals surface area contributed by atoms with Gasteiger partial charge in [0.25, 0.3) is 0 Å². The number of nitrogens with one attached hydrogen (secondary N) is 1. The van der Waals surface area contributed by atoms with E-state index < -0.39 is 12.8 Å². The lowest BCUT2D eigenvalue weighted by Crippen LogP contribution is -2.25. The number of rotatable bonds is 6. The first-order valence-electron chi connectivity index (χ1n) is 5.33. The highest BCUT2D eigenvalue weighted by atomic mass is 32.1. The lowest BCUT2D eigenvalue weighted by molar-refractivity contribution is -0.173. The van der Waals surface area contributed by atoms with Crippen LogP contribution in [0.3, 0.4) is 0 Å². The SMILES string of the molecule is Cc1ccc(C(C)NCCOCC(F)(F)F)s1. The Kier molecular flexibility index (Phi) is 5.42. The van der Waals surface area contributed by atoms with Crippen LogP contribution in [0.25, 0.3) is 0 Å². The van der Waals surface area contributed by atoms with E-state index in [0.717, 1.165) is 0 Å². The van der Waals surface area contributed by atoms with E-state index >= 15 is 0 Å². The molecule has 1 atom stereocenters. The Bertz CT molecular complexity index is 338. The molecule has 0 aromatic carbocycles. The van der Waals surface area contributed by atoms with E-state index in [4.69, 9.17) is 0 Å². The van der Waals surface area contributed by atoms with Crippen LogP contribution in [0.1, 0.15) is 22.7 Å². The van der Waals surface area contributed by atoms with Crippen LogP contribution < -0.4 is 5.32 Å². The van der Waals surface area contributed by atoms with Crippen molar-refractivity contribution in [3.63, 3.8) is 0 Å². The second kappa shape index (κ2) is 6.37. The molecule has 0 bridgehead atoms. The van der Waals surface area contributed by atoms with Gasteiger partial charge in [-0.25, -0.2) is 0 Å². The number of aryl methyl sites for hydroxylation is 1. The average Bonchev–Trinajstić information content (AvgIpc) is 2.62. The first kappa shape index (κ1) is 14.5. The third-order valence-electron chi connectivity index (χ3n) is 2.15. The van der Waals surface area contributed by atoms with E-state index in [-0.39, 0.29) is 12.6 Å². The zero-order valence-electron chi connectivity index (χ0n) is 9.80. The largest absolute Gasteiger partial charge is 0.411 e. The summed E-state index contributed by atoms with van der Waals surface area (Å²) in [6.07, 6.45) is -4.24. The minimum atomic E-state index is -4.24. The van der Waals surface area contributed by atoms with Crippen LogP contribution in [0.15, 0.2) is 12.1 Å². The topological polar surface area (TPSA) is 21.3 Å². The summed E-state index contributed by atoms with van der Waals surface area (Å²) in [6.45, 7) is 3.30. The molecule has 1 rings (SSSR count). The van der Waals surface area contributed by atoms with Crippen LogP contribution in [-0.4, -0.2) is 25.9 Å². The molecule has 0 radical (unpaired) electrons. The molecule has 1 aromatic heterocycles. The van der Waals surface area contributed by atoms with Crippen molar-refractivity contribution in [3.8, 4) is 0 Å².